The number of piperidine rings is 1. The summed E-state index contributed by atoms with van der Waals surface area (Å²) in [5.41, 5.74) is 3.37. The van der Waals surface area contributed by atoms with E-state index in [0.29, 0.717) is 13.2 Å². The molecule has 0 aromatic heterocycles. The molecule has 0 unspecified atom stereocenters. The van der Waals surface area contributed by atoms with Crippen LogP contribution in [0.4, 0.5) is 0 Å². The van der Waals surface area contributed by atoms with Crippen molar-refractivity contribution in [3.05, 3.63) is 0 Å². The Hall–Kier alpha value is -0.160. The molecular formula is C11H24N2O2. The molecule has 0 amide bonds. The first-order valence-electron chi connectivity index (χ1n) is 6.08. The van der Waals surface area contributed by atoms with Gasteiger partial charge < -0.3 is 9.47 Å². The van der Waals surface area contributed by atoms with E-state index in [4.69, 9.17) is 9.47 Å². The van der Waals surface area contributed by atoms with Crippen molar-refractivity contribution in [3.8, 4) is 0 Å². The van der Waals surface area contributed by atoms with Gasteiger partial charge in [0.15, 0.2) is 6.29 Å². The third-order valence-corrected chi connectivity index (χ3v) is 2.54. The van der Waals surface area contributed by atoms with E-state index in [1.165, 1.54) is 19.3 Å². The zero-order chi connectivity index (χ0) is 10.9. The molecule has 1 saturated heterocycles. The molecule has 0 saturated carbocycles. The Labute approximate surface area is 92.9 Å². The van der Waals surface area contributed by atoms with Crippen LogP contribution in [0.15, 0.2) is 0 Å². The average Bonchev–Trinajstić information content (AvgIpc) is 2.28. The second kappa shape index (κ2) is 8.05. The zero-order valence-corrected chi connectivity index (χ0v) is 10.00. The lowest BCUT2D eigenvalue weighted by Crippen LogP contribution is -2.46. The van der Waals surface area contributed by atoms with Crippen LogP contribution in [-0.2, 0) is 9.47 Å². The molecule has 90 valence electrons. The summed E-state index contributed by atoms with van der Waals surface area (Å²) >= 11 is 0. The first-order valence-corrected chi connectivity index (χ1v) is 6.08. The number of ether oxygens (including phenoxy) is 2. The summed E-state index contributed by atoms with van der Waals surface area (Å²) in [6.07, 6.45) is 3.84. The van der Waals surface area contributed by atoms with Gasteiger partial charge in [0.2, 0.25) is 0 Å². The van der Waals surface area contributed by atoms with Gasteiger partial charge in [-0.3, -0.25) is 5.43 Å². The monoisotopic (exact) mass is 216 g/mol. The van der Waals surface area contributed by atoms with Crippen LogP contribution in [0.3, 0.4) is 0 Å². The van der Waals surface area contributed by atoms with Crippen LogP contribution in [0, 0.1) is 0 Å². The summed E-state index contributed by atoms with van der Waals surface area (Å²) < 4.78 is 10.9. The Morgan fingerprint density at radius 2 is 1.67 bits per heavy atom. The van der Waals surface area contributed by atoms with Crippen molar-refractivity contribution in [1.82, 2.24) is 10.4 Å². The summed E-state index contributed by atoms with van der Waals surface area (Å²) in [4.78, 5) is 0. The summed E-state index contributed by atoms with van der Waals surface area (Å²) in [7, 11) is 0. The van der Waals surface area contributed by atoms with E-state index < -0.39 is 0 Å². The SMILES string of the molecule is CCOC(CNN1CCCCC1)OCC. The van der Waals surface area contributed by atoms with Gasteiger partial charge in [0.05, 0.1) is 6.54 Å². The number of hydrogen-bond acceptors (Lipinski definition) is 4. The van der Waals surface area contributed by atoms with Crippen LogP contribution in [0.1, 0.15) is 33.1 Å². The van der Waals surface area contributed by atoms with E-state index in [-0.39, 0.29) is 6.29 Å². The molecule has 4 heteroatoms. The minimum Gasteiger partial charge on any atom is -0.352 e. The molecule has 0 aromatic rings. The highest BCUT2D eigenvalue weighted by atomic mass is 16.7. The predicted molar refractivity (Wildman–Crippen MR) is 60.5 cm³/mol. The minimum absolute atomic E-state index is 0.109. The molecule has 0 radical (unpaired) electrons. The van der Waals surface area contributed by atoms with Crippen molar-refractivity contribution in [2.45, 2.75) is 39.4 Å². The first-order chi connectivity index (χ1) is 7.36. The second-order valence-corrected chi connectivity index (χ2v) is 3.75. The van der Waals surface area contributed by atoms with Gasteiger partial charge in [0.25, 0.3) is 0 Å². The largest absolute Gasteiger partial charge is 0.352 e. The molecule has 0 spiro atoms. The van der Waals surface area contributed by atoms with Crippen molar-refractivity contribution in [2.24, 2.45) is 0 Å². The van der Waals surface area contributed by atoms with Gasteiger partial charge in [-0.05, 0) is 26.7 Å². The van der Waals surface area contributed by atoms with Gasteiger partial charge in [-0.1, -0.05) is 6.42 Å². The maximum absolute atomic E-state index is 5.46. The fourth-order valence-corrected chi connectivity index (χ4v) is 1.79. The standard InChI is InChI=1S/C11H24N2O2/c1-3-14-11(15-4-2)10-12-13-8-6-5-7-9-13/h11-12H,3-10H2,1-2H3. The number of hydrazine groups is 1. The van der Waals surface area contributed by atoms with Gasteiger partial charge in [-0.25, -0.2) is 5.01 Å². The van der Waals surface area contributed by atoms with Crippen molar-refractivity contribution >= 4 is 0 Å². The lowest BCUT2D eigenvalue weighted by atomic mass is 10.2. The normalized spacial score (nSPS) is 18.6. The second-order valence-electron chi connectivity index (χ2n) is 3.75. The van der Waals surface area contributed by atoms with Gasteiger partial charge >= 0.3 is 0 Å². The lowest BCUT2D eigenvalue weighted by molar-refractivity contribution is -0.139. The Bertz CT molecular complexity index is 144. The quantitative estimate of drug-likeness (QED) is 0.652. The molecule has 1 aliphatic rings. The molecule has 0 aromatic carbocycles. The highest BCUT2D eigenvalue weighted by molar-refractivity contribution is 4.61. The van der Waals surface area contributed by atoms with E-state index in [1.54, 1.807) is 0 Å². The van der Waals surface area contributed by atoms with E-state index >= 15 is 0 Å². The molecular weight excluding hydrogens is 192 g/mol. The van der Waals surface area contributed by atoms with E-state index in [9.17, 15) is 0 Å². The fraction of sp³-hybridized carbons (Fsp3) is 1.00. The summed E-state index contributed by atoms with van der Waals surface area (Å²) in [5.74, 6) is 0. The number of nitrogens with zero attached hydrogens (tertiary/aromatic N) is 1. The fourth-order valence-electron chi connectivity index (χ4n) is 1.79. The van der Waals surface area contributed by atoms with Gasteiger partial charge in [0.1, 0.15) is 0 Å². The summed E-state index contributed by atoms with van der Waals surface area (Å²) in [6, 6.07) is 0. The van der Waals surface area contributed by atoms with E-state index in [1.807, 2.05) is 13.8 Å². The molecule has 1 aliphatic heterocycles. The average molecular weight is 216 g/mol. The van der Waals surface area contributed by atoms with Crippen LogP contribution in [0.5, 0.6) is 0 Å². The summed E-state index contributed by atoms with van der Waals surface area (Å²) in [6.45, 7) is 8.43. The number of rotatable bonds is 7. The third kappa shape index (κ3) is 5.47. The Balaban J connectivity index is 2.13. The molecule has 1 fully saturated rings. The minimum atomic E-state index is -0.109. The number of nitrogens with one attached hydrogen (secondary N) is 1. The van der Waals surface area contributed by atoms with E-state index in [0.717, 1.165) is 19.6 Å². The maximum Gasteiger partial charge on any atom is 0.171 e. The molecule has 15 heavy (non-hydrogen) atoms. The number of hydrogen-bond donors (Lipinski definition) is 1. The zero-order valence-electron chi connectivity index (χ0n) is 10.00. The molecule has 0 atom stereocenters. The topological polar surface area (TPSA) is 33.7 Å². The Kier molecular flexibility index (Phi) is 6.92. The van der Waals surface area contributed by atoms with Crippen molar-refractivity contribution in [2.75, 3.05) is 32.8 Å². The first kappa shape index (κ1) is 12.9. The van der Waals surface area contributed by atoms with Gasteiger partial charge in [-0.2, -0.15) is 0 Å². The Morgan fingerprint density at radius 1 is 1.07 bits per heavy atom. The molecule has 1 rings (SSSR count). The van der Waals surface area contributed by atoms with Crippen LogP contribution in [0.2, 0.25) is 0 Å². The van der Waals surface area contributed by atoms with Crippen LogP contribution >= 0.6 is 0 Å². The van der Waals surface area contributed by atoms with Gasteiger partial charge in [0, 0.05) is 26.3 Å². The third-order valence-electron chi connectivity index (χ3n) is 2.54. The van der Waals surface area contributed by atoms with Crippen molar-refractivity contribution < 1.29 is 9.47 Å². The highest BCUT2D eigenvalue weighted by Gasteiger charge is 2.12. The van der Waals surface area contributed by atoms with Crippen LogP contribution < -0.4 is 5.43 Å². The molecule has 1 N–H and O–H groups in total. The van der Waals surface area contributed by atoms with Crippen molar-refractivity contribution in [3.63, 3.8) is 0 Å². The lowest BCUT2D eigenvalue weighted by Gasteiger charge is -2.29. The molecule has 0 bridgehead atoms. The van der Waals surface area contributed by atoms with Crippen LogP contribution in [-0.4, -0.2) is 44.1 Å². The molecule has 0 aliphatic carbocycles. The molecule has 1 heterocycles. The highest BCUT2D eigenvalue weighted by Crippen LogP contribution is 2.06. The van der Waals surface area contributed by atoms with Crippen molar-refractivity contribution in [1.29, 1.82) is 0 Å². The maximum atomic E-state index is 5.46. The summed E-state index contributed by atoms with van der Waals surface area (Å²) in [5, 5.41) is 2.27. The van der Waals surface area contributed by atoms with Crippen LogP contribution in [0.25, 0.3) is 0 Å². The van der Waals surface area contributed by atoms with Gasteiger partial charge in [-0.15, -0.1) is 0 Å². The predicted octanol–water partition coefficient (Wildman–Crippen LogP) is 1.38. The molecule has 4 nitrogen and oxygen atoms in total. The smallest absolute Gasteiger partial charge is 0.171 e. The van der Waals surface area contributed by atoms with E-state index in [2.05, 4.69) is 10.4 Å². The Morgan fingerprint density at radius 3 is 2.20 bits per heavy atom.